The molecule has 0 spiro atoms. The van der Waals surface area contributed by atoms with Crippen LogP contribution in [-0.4, -0.2) is 27.5 Å². The molecule has 0 saturated carbocycles. The molecule has 2 rings (SSSR count). The van der Waals surface area contributed by atoms with E-state index >= 15 is 0 Å². The van der Waals surface area contributed by atoms with Crippen LogP contribution in [0.1, 0.15) is 12.8 Å². The van der Waals surface area contributed by atoms with Gasteiger partial charge in [0.15, 0.2) is 0 Å². The molecule has 19 heavy (non-hydrogen) atoms. The lowest BCUT2D eigenvalue weighted by molar-refractivity contribution is 0.539. The Bertz CT molecular complexity index is 533. The van der Waals surface area contributed by atoms with Crippen molar-refractivity contribution in [2.75, 3.05) is 13.1 Å². The summed E-state index contributed by atoms with van der Waals surface area (Å²) in [4.78, 5) is -0.409. The first-order valence-corrected chi connectivity index (χ1v) is 7.53. The first kappa shape index (κ1) is 16.7. The molecule has 0 aliphatic carbocycles. The molecule has 0 amide bonds. The normalized spacial score (nSPS) is 19.2. The predicted octanol–water partition coefficient (Wildman–Crippen LogP) is 1.93. The summed E-state index contributed by atoms with van der Waals surface area (Å²) in [7, 11) is -3.85. The molecule has 1 aromatic carbocycles. The van der Waals surface area contributed by atoms with Crippen molar-refractivity contribution in [3.05, 3.63) is 29.0 Å². The number of sulfonamides is 1. The Morgan fingerprint density at radius 2 is 2.21 bits per heavy atom. The van der Waals surface area contributed by atoms with Crippen molar-refractivity contribution < 1.29 is 12.8 Å². The summed E-state index contributed by atoms with van der Waals surface area (Å²) in [5.41, 5.74) is 0. The average Bonchev–Trinajstić information content (AvgIpc) is 2.83. The van der Waals surface area contributed by atoms with Gasteiger partial charge in [-0.25, -0.2) is 17.5 Å². The molecule has 1 aliphatic heterocycles. The second-order valence-electron chi connectivity index (χ2n) is 4.22. The number of halogens is 3. The second kappa shape index (κ2) is 6.85. The van der Waals surface area contributed by atoms with Crippen LogP contribution in [0.5, 0.6) is 0 Å². The van der Waals surface area contributed by atoms with Crippen molar-refractivity contribution in [2.24, 2.45) is 0 Å². The van der Waals surface area contributed by atoms with E-state index in [1.807, 2.05) is 0 Å². The lowest BCUT2D eigenvalue weighted by Crippen LogP contribution is -2.37. The lowest BCUT2D eigenvalue weighted by Gasteiger charge is -2.12. The highest BCUT2D eigenvalue weighted by Crippen LogP contribution is 2.19. The van der Waals surface area contributed by atoms with Crippen LogP contribution in [0.25, 0.3) is 0 Å². The zero-order valence-corrected chi connectivity index (χ0v) is 12.4. The van der Waals surface area contributed by atoms with E-state index in [4.69, 9.17) is 11.6 Å². The molecule has 2 N–H and O–H groups in total. The Morgan fingerprint density at radius 1 is 1.47 bits per heavy atom. The first-order chi connectivity index (χ1) is 8.49. The first-order valence-electron chi connectivity index (χ1n) is 5.67. The van der Waals surface area contributed by atoms with Gasteiger partial charge in [0.05, 0.1) is 0 Å². The van der Waals surface area contributed by atoms with Crippen LogP contribution in [0, 0.1) is 5.82 Å². The molecule has 4 nitrogen and oxygen atoms in total. The largest absolute Gasteiger partial charge is 0.313 e. The molecule has 108 valence electrons. The molecule has 1 saturated heterocycles. The van der Waals surface area contributed by atoms with Crippen molar-refractivity contribution in [2.45, 2.75) is 23.8 Å². The monoisotopic (exact) mass is 328 g/mol. The molecule has 1 aromatic rings. The number of hydrogen-bond donors (Lipinski definition) is 2. The zero-order chi connectivity index (χ0) is 13.2. The molecular formula is C11H15Cl2FN2O2S. The number of nitrogens with one attached hydrogen (secondary N) is 2. The fraction of sp³-hybridized carbons (Fsp3) is 0.455. The summed E-state index contributed by atoms with van der Waals surface area (Å²) in [6, 6.07) is 3.59. The summed E-state index contributed by atoms with van der Waals surface area (Å²) < 4.78 is 39.7. The summed E-state index contributed by atoms with van der Waals surface area (Å²) >= 11 is 5.68. The van der Waals surface area contributed by atoms with Crippen LogP contribution in [0.2, 0.25) is 5.02 Å². The topological polar surface area (TPSA) is 58.2 Å². The fourth-order valence-electron chi connectivity index (χ4n) is 1.90. The van der Waals surface area contributed by atoms with Gasteiger partial charge in [0.1, 0.15) is 10.7 Å². The van der Waals surface area contributed by atoms with Crippen LogP contribution >= 0.6 is 24.0 Å². The Labute approximate surface area is 123 Å². The maximum absolute atomic E-state index is 13.5. The van der Waals surface area contributed by atoms with Gasteiger partial charge in [-0.1, -0.05) is 11.6 Å². The predicted molar refractivity (Wildman–Crippen MR) is 74.9 cm³/mol. The standard InChI is InChI=1S/C11H14ClFN2O2S.ClH/c12-8-3-4-10(13)11(6-8)18(16,17)15-7-9-2-1-5-14-9;/h3-4,6,9,14-15H,1-2,5,7H2;1H. The quantitative estimate of drug-likeness (QED) is 0.887. The van der Waals surface area contributed by atoms with Gasteiger partial charge in [-0.05, 0) is 37.6 Å². The Balaban J connectivity index is 0.00000180. The van der Waals surface area contributed by atoms with Crippen LogP contribution in [0.4, 0.5) is 4.39 Å². The third-order valence-corrected chi connectivity index (χ3v) is 4.54. The number of rotatable bonds is 4. The Hall–Kier alpha value is -0.400. The third-order valence-electron chi connectivity index (χ3n) is 2.86. The van der Waals surface area contributed by atoms with Gasteiger partial charge in [0.25, 0.3) is 0 Å². The van der Waals surface area contributed by atoms with Crippen molar-refractivity contribution in [3.63, 3.8) is 0 Å². The van der Waals surface area contributed by atoms with Crippen molar-refractivity contribution >= 4 is 34.0 Å². The second-order valence-corrected chi connectivity index (χ2v) is 6.39. The third kappa shape index (κ3) is 4.29. The smallest absolute Gasteiger partial charge is 0.243 e. The van der Waals surface area contributed by atoms with Crippen LogP contribution in [0.3, 0.4) is 0 Å². The minimum Gasteiger partial charge on any atom is -0.313 e. The minimum absolute atomic E-state index is 0. The van der Waals surface area contributed by atoms with Crippen molar-refractivity contribution in [1.29, 1.82) is 0 Å². The van der Waals surface area contributed by atoms with E-state index in [0.29, 0.717) is 0 Å². The van der Waals surface area contributed by atoms with Crippen molar-refractivity contribution in [1.82, 2.24) is 10.0 Å². The Kier molecular flexibility index (Phi) is 6.01. The fourth-order valence-corrected chi connectivity index (χ4v) is 3.32. The van der Waals surface area contributed by atoms with Crippen LogP contribution < -0.4 is 10.0 Å². The van der Waals surface area contributed by atoms with E-state index in [1.54, 1.807) is 0 Å². The SMILES string of the molecule is Cl.O=S(=O)(NCC1CCCN1)c1cc(Cl)ccc1F. The lowest BCUT2D eigenvalue weighted by atomic mass is 10.2. The molecule has 1 aliphatic rings. The van der Waals surface area contributed by atoms with Crippen LogP contribution in [0.15, 0.2) is 23.1 Å². The number of hydrogen-bond acceptors (Lipinski definition) is 3. The summed E-state index contributed by atoms with van der Waals surface area (Å²) in [5, 5.41) is 3.35. The van der Waals surface area contributed by atoms with Crippen LogP contribution in [-0.2, 0) is 10.0 Å². The van der Waals surface area contributed by atoms with E-state index in [-0.39, 0.29) is 30.0 Å². The average molecular weight is 329 g/mol. The molecule has 1 atom stereocenters. The summed E-state index contributed by atoms with van der Waals surface area (Å²) in [6.07, 6.45) is 1.94. The summed E-state index contributed by atoms with van der Waals surface area (Å²) in [5.74, 6) is -0.800. The molecule has 1 unspecified atom stereocenters. The van der Waals surface area contributed by atoms with E-state index in [0.717, 1.165) is 31.5 Å². The molecule has 0 radical (unpaired) electrons. The van der Waals surface area contributed by atoms with Gasteiger partial charge in [0.2, 0.25) is 10.0 Å². The van der Waals surface area contributed by atoms with Gasteiger partial charge >= 0.3 is 0 Å². The molecular weight excluding hydrogens is 314 g/mol. The molecule has 8 heteroatoms. The maximum Gasteiger partial charge on any atom is 0.243 e. The molecule has 1 heterocycles. The van der Waals surface area contributed by atoms with Gasteiger partial charge in [-0.3, -0.25) is 0 Å². The Morgan fingerprint density at radius 3 is 2.84 bits per heavy atom. The summed E-state index contributed by atoms with van der Waals surface area (Å²) in [6.45, 7) is 1.15. The van der Waals surface area contributed by atoms with Crippen molar-refractivity contribution in [3.8, 4) is 0 Å². The van der Waals surface area contributed by atoms with E-state index < -0.39 is 20.7 Å². The highest BCUT2D eigenvalue weighted by Gasteiger charge is 2.22. The zero-order valence-electron chi connectivity index (χ0n) is 10.0. The van der Waals surface area contributed by atoms with E-state index in [2.05, 4.69) is 10.0 Å². The van der Waals surface area contributed by atoms with Gasteiger partial charge in [0, 0.05) is 17.6 Å². The highest BCUT2D eigenvalue weighted by atomic mass is 35.5. The number of benzene rings is 1. The molecule has 0 bridgehead atoms. The van der Waals surface area contributed by atoms with E-state index in [9.17, 15) is 12.8 Å². The molecule has 1 fully saturated rings. The van der Waals surface area contributed by atoms with Gasteiger partial charge in [-0.15, -0.1) is 12.4 Å². The molecule has 0 aromatic heterocycles. The highest BCUT2D eigenvalue weighted by molar-refractivity contribution is 7.89. The van der Waals surface area contributed by atoms with Gasteiger partial charge in [-0.2, -0.15) is 0 Å². The van der Waals surface area contributed by atoms with Gasteiger partial charge < -0.3 is 5.32 Å². The van der Waals surface area contributed by atoms with E-state index in [1.165, 1.54) is 6.07 Å². The maximum atomic E-state index is 13.5. The minimum atomic E-state index is -3.85.